The number of benzene rings is 1. The quantitative estimate of drug-likeness (QED) is 0.661. The zero-order chi connectivity index (χ0) is 18.2. The molecule has 1 aromatic carbocycles. The molecule has 4 N–H and O–H groups in total. The van der Waals surface area contributed by atoms with Gasteiger partial charge in [0, 0.05) is 30.7 Å². The van der Waals surface area contributed by atoms with Gasteiger partial charge in [-0.05, 0) is 33.3 Å². The van der Waals surface area contributed by atoms with Gasteiger partial charge in [0.05, 0.1) is 18.2 Å². The summed E-state index contributed by atoms with van der Waals surface area (Å²) in [5.41, 5.74) is 0.135. The Bertz CT molecular complexity index is 643. The fourth-order valence-electron chi connectivity index (χ4n) is 3.52. The van der Waals surface area contributed by atoms with E-state index >= 15 is 0 Å². The zero-order valence-electron chi connectivity index (χ0n) is 14.8. The molecule has 25 heavy (non-hydrogen) atoms. The molecular weight excluding hydrogens is 324 g/mol. The number of aromatic hydroxyl groups is 2. The molecule has 1 heterocycles. The summed E-state index contributed by atoms with van der Waals surface area (Å²) >= 11 is 0. The van der Waals surface area contributed by atoms with Crippen LogP contribution in [0.25, 0.3) is 0 Å². The number of phenols is 2. The summed E-state index contributed by atoms with van der Waals surface area (Å²) in [5, 5.41) is 25.6. The molecular formula is C18H26N2O5. The monoisotopic (exact) mass is 350 g/mol. The van der Waals surface area contributed by atoms with Gasteiger partial charge in [-0.15, -0.1) is 0 Å². The summed E-state index contributed by atoms with van der Waals surface area (Å²) in [7, 11) is 0. The van der Waals surface area contributed by atoms with Crippen LogP contribution in [0.5, 0.6) is 11.5 Å². The van der Waals surface area contributed by atoms with Gasteiger partial charge in [-0.1, -0.05) is 6.07 Å². The van der Waals surface area contributed by atoms with Crippen LogP contribution in [0, 0.1) is 5.92 Å². The highest BCUT2D eigenvalue weighted by Gasteiger charge is 2.54. The van der Waals surface area contributed by atoms with Crippen molar-refractivity contribution in [3.05, 3.63) is 23.8 Å². The normalized spacial score (nSPS) is 28.1. The Morgan fingerprint density at radius 3 is 2.76 bits per heavy atom. The molecule has 0 spiro atoms. The van der Waals surface area contributed by atoms with Gasteiger partial charge in [0.2, 0.25) is 0 Å². The zero-order valence-corrected chi connectivity index (χ0v) is 14.8. The Labute approximate surface area is 147 Å². The summed E-state index contributed by atoms with van der Waals surface area (Å²) in [6.45, 7) is 6.59. The lowest BCUT2D eigenvalue weighted by molar-refractivity contribution is -0.0344. The van der Waals surface area contributed by atoms with Gasteiger partial charge < -0.3 is 30.3 Å². The van der Waals surface area contributed by atoms with E-state index < -0.39 is 11.7 Å². The van der Waals surface area contributed by atoms with E-state index in [2.05, 4.69) is 10.6 Å². The van der Waals surface area contributed by atoms with E-state index in [1.165, 1.54) is 12.1 Å². The standard InChI is InChI=1S/C18H26N2O5/c1-18(2,3)25-17(23)20-14-12-6-7-24-16(12)15(14)19-9-10-4-5-11(21)8-13(10)22/h4-5,8,12,14-16,19,21-22H,6-7,9H2,1-3H3,(H,20,23). The number of carbonyl (C=O) groups is 1. The molecule has 4 atom stereocenters. The van der Waals surface area contributed by atoms with Gasteiger partial charge >= 0.3 is 6.09 Å². The highest BCUT2D eigenvalue weighted by Crippen LogP contribution is 2.39. The number of fused-ring (bicyclic) bond motifs is 1. The smallest absolute Gasteiger partial charge is 0.407 e. The van der Waals surface area contributed by atoms with Crippen molar-refractivity contribution in [3.8, 4) is 11.5 Å². The molecule has 1 aromatic rings. The Balaban J connectivity index is 1.61. The Kier molecular flexibility index (Phi) is 4.79. The van der Waals surface area contributed by atoms with Crippen LogP contribution < -0.4 is 10.6 Å². The number of ether oxygens (including phenoxy) is 2. The SMILES string of the molecule is CC(C)(C)OC(=O)NC1C2CCOC2C1NCc1ccc(O)cc1O. The number of hydrogen-bond donors (Lipinski definition) is 4. The first-order chi connectivity index (χ1) is 11.7. The average Bonchev–Trinajstić information content (AvgIpc) is 2.90. The second kappa shape index (κ2) is 6.72. The maximum absolute atomic E-state index is 12.1. The summed E-state index contributed by atoms with van der Waals surface area (Å²) in [6, 6.07) is 4.39. The van der Waals surface area contributed by atoms with Crippen LogP contribution in [0.4, 0.5) is 4.79 Å². The number of nitrogens with one attached hydrogen (secondary N) is 2. The van der Waals surface area contributed by atoms with Gasteiger partial charge in [-0.3, -0.25) is 0 Å². The number of rotatable bonds is 4. The minimum Gasteiger partial charge on any atom is -0.508 e. The fourth-order valence-corrected chi connectivity index (χ4v) is 3.52. The third-order valence-electron chi connectivity index (χ3n) is 4.67. The summed E-state index contributed by atoms with van der Waals surface area (Å²) in [6.07, 6.45) is 0.537. The number of hydrogen-bond acceptors (Lipinski definition) is 6. The fraction of sp³-hybridized carbons (Fsp3) is 0.611. The minimum atomic E-state index is -0.542. The maximum Gasteiger partial charge on any atom is 0.407 e. The molecule has 138 valence electrons. The first-order valence-corrected chi connectivity index (χ1v) is 8.60. The van der Waals surface area contributed by atoms with Crippen LogP contribution in [0.2, 0.25) is 0 Å². The predicted molar refractivity (Wildman–Crippen MR) is 91.4 cm³/mol. The van der Waals surface area contributed by atoms with Crippen LogP contribution in [0.15, 0.2) is 18.2 Å². The van der Waals surface area contributed by atoms with Gasteiger partial charge in [0.1, 0.15) is 17.1 Å². The molecule has 3 rings (SSSR count). The highest BCUT2D eigenvalue weighted by molar-refractivity contribution is 5.68. The first kappa shape index (κ1) is 17.8. The number of phenolic OH excluding ortho intramolecular Hbond substituents is 2. The van der Waals surface area contributed by atoms with E-state index in [1.54, 1.807) is 6.07 Å². The third-order valence-corrected chi connectivity index (χ3v) is 4.67. The van der Waals surface area contributed by atoms with Crippen molar-refractivity contribution < 1.29 is 24.5 Å². The Morgan fingerprint density at radius 1 is 1.32 bits per heavy atom. The van der Waals surface area contributed by atoms with Crippen LogP contribution in [-0.2, 0) is 16.0 Å². The first-order valence-electron chi connectivity index (χ1n) is 8.60. The average molecular weight is 350 g/mol. The van der Waals surface area contributed by atoms with Gasteiger partial charge in [0.15, 0.2) is 0 Å². The second-order valence-corrected chi connectivity index (χ2v) is 7.68. The van der Waals surface area contributed by atoms with E-state index in [-0.39, 0.29) is 35.6 Å². The lowest BCUT2D eigenvalue weighted by Gasteiger charge is -2.48. The number of alkyl carbamates (subject to hydrolysis) is 1. The second-order valence-electron chi connectivity index (χ2n) is 7.68. The summed E-state index contributed by atoms with van der Waals surface area (Å²) in [4.78, 5) is 12.1. The molecule has 7 heteroatoms. The molecule has 1 aliphatic heterocycles. The van der Waals surface area contributed by atoms with Crippen LogP contribution in [0.3, 0.4) is 0 Å². The van der Waals surface area contributed by atoms with Crippen molar-refractivity contribution in [1.29, 1.82) is 0 Å². The van der Waals surface area contributed by atoms with E-state index in [4.69, 9.17) is 9.47 Å². The van der Waals surface area contributed by atoms with E-state index in [0.29, 0.717) is 18.7 Å². The van der Waals surface area contributed by atoms with Crippen molar-refractivity contribution >= 4 is 6.09 Å². The lowest BCUT2D eigenvalue weighted by Crippen LogP contribution is -2.70. The van der Waals surface area contributed by atoms with Crippen LogP contribution in [-0.4, -0.2) is 46.7 Å². The molecule has 0 radical (unpaired) electrons. The molecule has 1 aliphatic carbocycles. The van der Waals surface area contributed by atoms with Crippen molar-refractivity contribution in [2.45, 2.75) is 57.5 Å². The molecule has 1 saturated carbocycles. The lowest BCUT2D eigenvalue weighted by atomic mass is 9.71. The Morgan fingerprint density at radius 2 is 2.08 bits per heavy atom. The predicted octanol–water partition coefficient (Wildman–Crippen LogP) is 1.87. The van der Waals surface area contributed by atoms with Crippen molar-refractivity contribution in [2.75, 3.05) is 6.61 Å². The highest BCUT2D eigenvalue weighted by atomic mass is 16.6. The third kappa shape index (κ3) is 3.99. The van der Waals surface area contributed by atoms with Gasteiger partial charge in [-0.25, -0.2) is 4.79 Å². The summed E-state index contributed by atoms with van der Waals surface area (Å²) in [5.74, 6) is 0.333. The molecule has 0 aromatic heterocycles. The van der Waals surface area contributed by atoms with E-state index in [1.807, 2.05) is 20.8 Å². The molecule has 2 aliphatic rings. The van der Waals surface area contributed by atoms with Crippen molar-refractivity contribution in [1.82, 2.24) is 10.6 Å². The largest absolute Gasteiger partial charge is 0.508 e. The van der Waals surface area contributed by atoms with Gasteiger partial charge in [0.25, 0.3) is 0 Å². The maximum atomic E-state index is 12.1. The molecule has 7 nitrogen and oxygen atoms in total. The van der Waals surface area contributed by atoms with E-state index in [0.717, 1.165) is 6.42 Å². The van der Waals surface area contributed by atoms with E-state index in [9.17, 15) is 15.0 Å². The minimum absolute atomic E-state index is 0.0218. The van der Waals surface area contributed by atoms with Gasteiger partial charge in [-0.2, -0.15) is 0 Å². The van der Waals surface area contributed by atoms with Crippen LogP contribution >= 0.6 is 0 Å². The van der Waals surface area contributed by atoms with Crippen molar-refractivity contribution in [3.63, 3.8) is 0 Å². The number of carbonyl (C=O) groups excluding carboxylic acids is 1. The van der Waals surface area contributed by atoms with Crippen LogP contribution in [0.1, 0.15) is 32.8 Å². The Hall–Kier alpha value is -1.99. The molecule has 1 saturated heterocycles. The molecule has 1 amide bonds. The molecule has 2 fully saturated rings. The number of amides is 1. The molecule has 0 bridgehead atoms. The summed E-state index contributed by atoms with van der Waals surface area (Å²) < 4.78 is 11.1. The topological polar surface area (TPSA) is 100 Å². The van der Waals surface area contributed by atoms with Crippen molar-refractivity contribution in [2.24, 2.45) is 5.92 Å². The molecule has 4 unspecified atom stereocenters.